The number of pyridine rings is 1. The minimum absolute atomic E-state index is 0.0220. The molecule has 0 fully saturated rings. The minimum Gasteiger partial charge on any atom is -0.379 e. The van der Waals surface area contributed by atoms with Crippen molar-refractivity contribution in [2.45, 2.75) is 6.42 Å². The van der Waals surface area contributed by atoms with Crippen LogP contribution in [-0.4, -0.2) is 26.6 Å². The molecule has 8 nitrogen and oxygen atoms in total. The minimum atomic E-state index is -0.402. The smallest absolute Gasteiger partial charge is 0.301 e. The molecule has 0 saturated heterocycles. The molecule has 0 amide bonds. The van der Waals surface area contributed by atoms with Crippen LogP contribution in [0.1, 0.15) is 5.82 Å². The average molecular weight is 285 g/mol. The van der Waals surface area contributed by atoms with E-state index in [4.69, 9.17) is 0 Å². The van der Waals surface area contributed by atoms with Gasteiger partial charge in [-0.2, -0.15) is 4.98 Å². The SMILES string of the molecule is O=[N+]([O-])c1c(NCCc2ncon2)ccc2ncccc12. The summed E-state index contributed by atoms with van der Waals surface area (Å²) in [5.74, 6) is 0.549. The van der Waals surface area contributed by atoms with Gasteiger partial charge < -0.3 is 9.84 Å². The van der Waals surface area contributed by atoms with Crippen LogP contribution < -0.4 is 5.32 Å². The largest absolute Gasteiger partial charge is 0.379 e. The van der Waals surface area contributed by atoms with E-state index in [-0.39, 0.29) is 5.69 Å². The van der Waals surface area contributed by atoms with Crippen molar-refractivity contribution in [2.75, 3.05) is 11.9 Å². The van der Waals surface area contributed by atoms with E-state index < -0.39 is 4.92 Å². The van der Waals surface area contributed by atoms with Crippen LogP contribution in [0.3, 0.4) is 0 Å². The van der Waals surface area contributed by atoms with Gasteiger partial charge in [-0.1, -0.05) is 5.16 Å². The molecule has 0 atom stereocenters. The maximum atomic E-state index is 11.3. The lowest BCUT2D eigenvalue weighted by atomic mass is 10.1. The number of fused-ring (bicyclic) bond motifs is 1. The van der Waals surface area contributed by atoms with Gasteiger partial charge in [-0.25, -0.2) is 0 Å². The van der Waals surface area contributed by atoms with Gasteiger partial charge in [-0.05, 0) is 24.3 Å². The molecule has 0 bridgehead atoms. The van der Waals surface area contributed by atoms with E-state index in [1.807, 2.05) is 0 Å². The Bertz CT molecular complexity index is 773. The molecule has 1 aromatic carbocycles. The predicted octanol–water partition coefficient (Wildman–Crippen LogP) is 2.18. The van der Waals surface area contributed by atoms with Crippen molar-refractivity contribution in [1.82, 2.24) is 15.1 Å². The standard InChI is InChI=1S/C13H11N5O3/c19-18(20)13-9-2-1-6-14-10(9)3-4-11(13)15-7-5-12-16-8-21-17-12/h1-4,6,8,15H,5,7H2. The maximum absolute atomic E-state index is 11.3. The Morgan fingerprint density at radius 2 is 2.19 bits per heavy atom. The summed E-state index contributed by atoms with van der Waals surface area (Å²) in [6.07, 6.45) is 3.37. The van der Waals surface area contributed by atoms with Gasteiger partial charge in [0.1, 0.15) is 5.69 Å². The molecule has 0 unspecified atom stereocenters. The monoisotopic (exact) mass is 285 g/mol. The quantitative estimate of drug-likeness (QED) is 0.565. The van der Waals surface area contributed by atoms with Gasteiger partial charge in [0, 0.05) is 19.2 Å². The molecule has 0 saturated carbocycles. The lowest BCUT2D eigenvalue weighted by Crippen LogP contribution is -2.08. The number of nitro groups is 1. The van der Waals surface area contributed by atoms with E-state index in [0.29, 0.717) is 35.4 Å². The molecule has 3 rings (SSSR count). The van der Waals surface area contributed by atoms with Crippen LogP contribution in [-0.2, 0) is 6.42 Å². The number of hydrogen-bond donors (Lipinski definition) is 1. The summed E-state index contributed by atoms with van der Waals surface area (Å²) in [6.45, 7) is 0.464. The highest BCUT2D eigenvalue weighted by Gasteiger charge is 2.18. The van der Waals surface area contributed by atoms with E-state index in [1.54, 1.807) is 30.5 Å². The first-order chi connectivity index (χ1) is 10.3. The number of rotatable bonds is 5. The Kier molecular flexibility index (Phi) is 3.42. The Morgan fingerprint density at radius 1 is 1.29 bits per heavy atom. The van der Waals surface area contributed by atoms with Crippen LogP contribution in [0.2, 0.25) is 0 Å². The van der Waals surface area contributed by atoms with Crippen molar-refractivity contribution in [3.05, 3.63) is 52.8 Å². The molecular weight excluding hydrogens is 274 g/mol. The number of benzene rings is 1. The summed E-state index contributed by atoms with van der Waals surface area (Å²) in [4.78, 5) is 18.9. The van der Waals surface area contributed by atoms with Gasteiger partial charge in [-0.15, -0.1) is 0 Å². The second kappa shape index (κ2) is 5.53. The Hall–Kier alpha value is -3.03. The highest BCUT2D eigenvalue weighted by molar-refractivity contribution is 5.94. The third-order valence-corrected chi connectivity index (χ3v) is 3.01. The fourth-order valence-corrected chi connectivity index (χ4v) is 2.09. The molecular formula is C13H11N5O3. The first-order valence-corrected chi connectivity index (χ1v) is 6.27. The van der Waals surface area contributed by atoms with Crippen LogP contribution in [0.4, 0.5) is 11.4 Å². The summed E-state index contributed by atoms with van der Waals surface area (Å²) >= 11 is 0. The second-order valence-corrected chi connectivity index (χ2v) is 4.31. The van der Waals surface area contributed by atoms with Crippen LogP contribution in [0, 0.1) is 10.1 Å². The predicted molar refractivity (Wildman–Crippen MR) is 74.9 cm³/mol. The van der Waals surface area contributed by atoms with Crippen molar-refractivity contribution in [1.29, 1.82) is 0 Å². The topological polar surface area (TPSA) is 107 Å². The van der Waals surface area contributed by atoms with Crippen molar-refractivity contribution in [2.24, 2.45) is 0 Å². The Balaban J connectivity index is 1.87. The number of aromatic nitrogens is 3. The molecule has 0 spiro atoms. The van der Waals surface area contributed by atoms with Gasteiger partial charge in [0.25, 0.3) is 0 Å². The molecule has 0 radical (unpaired) electrons. The third-order valence-electron chi connectivity index (χ3n) is 3.01. The lowest BCUT2D eigenvalue weighted by Gasteiger charge is -2.07. The molecule has 0 aliphatic rings. The number of hydrogen-bond acceptors (Lipinski definition) is 7. The zero-order valence-electron chi connectivity index (χ0n) is 10.9. The fraction of sp³-hybridized carbons (Fsp3) is 0.154. The van der Waals surface area contributed by atoms with Gasteiger partial charge in [0.2, 0.25) is 6.39 Å². The lowest BCUT2D eigenvalue weighted by molar-refractivity contribution is -0.382. The van der Waals surface area contributed by atoms with E-state index in [2.05, 4.69) is 25.0 Å². The van der Waals surface area contributed by atoms with Gasteiger partial charge in [0.15, 0.2) is 5.82 Å². The van der Waals surface area contributed by atoms with Crippen LogP contribution in [0.5, 0.6) is 0 Å². The van der Waals surface area contributed by atoms with Gasteiger partial charge in [-0.3, -0.25) is 15.1 Å². The molecule has 3 aromatic rings. The van der Waals surface area contributed by atoms with E-state index in [0.717, 1.165) is 0 Å². The second-order valence-electron chi connectivity index (χ2n) is 4.31. The molecule has 8 heteroatoms. The average Bonchev–Trinajstić information content (AvgIpc) is 3.00. The van der Waals surface area contributed by atoms with Crippen molar-refractivity contribution in [3.63, 3.8) is 0 Å². The highest BCUT2D eigenvalue weighted by Crippen LogP contribution is 2.32. The fourth-order valence-electron chi connectivity index (χ4n) is 2.09. The number of nitro benzene ring substituents is 1. The summed E-state index contributed by atoms with van der Waals surface area (Å²) in [5.41, 5.74) is 1.06. The number of nitrogens with zero attached hydrogens (tertiary/aromatic N) is 4. The molecule has 1 N–H and O–H groups in total. The Morgan fingerprint density at radius 3 is 2.95 bits per heavy atom. The summed E-state index contributed by atoms with van der Waals surface area (Å²) in [5, 5.41) is 18.6. The molecule has 0 aliphatic carbocycles. The first-order valence-electron chi connectivity index (χ1n) is 6.27. The molecule has 2 aromatic heterocycles. The maximum Gasteiger partial charge on any atom is 0.301 e. The molecule has 106 valence electrons. The normalized spacial score (nSPS) is 10.7. The van der Waals surface area contributed by atoms with E-state index in [1.165, 1.54) is 6.39 Å². The number of nitrogens with one attached hydrogen (secondary N) is 1. The van der Waals surface area contributed by atoms with Crippen LogP contribution in [0.15, 0.2) is 41.4 Å². The zero-order chi connectivity index (χ0) is 14.7. The summed E-state index contributed by atoms with van der Waals surface area (Å²) in [6, 6.07) is 6.77. The van der Waals surface area contributed by atoms with Gasteiger partial charge in [0.05, 0.1) is 15.8 Å². The van der Waals surface area contributed by atoms with E-state index in [9.17, 15) is 10.1 Å². The van der Waals surface area contributed by atoms with E-state index >= 15 is 0 Å². The van der Waals surface area contributed by atoms with Crippen LogP contribution in [0.25, 0.3) is 10.9 Å². The highest BCUT2D eigenvalue weighted by atomic mass is 16.6. The summed E-state index contributed by atoms with van der Waals surface area (Å²) < 4.78 is 4.63. The third kappa shape index (κ3) is 2.64. The molecule has 0 aliphatic heterocycles. The molecule has 2 heterocycles. The Labute approximate surface area is 119 Å². The van der Waals surface area contributed by atoms with Crippen LogP contribution >= 0.6 is 0 Å². The number of anilines is 1. The first kappa shape index (κ1) is 13.0. The van der Waals surface area contributed by atoms with Crippen molar-refractivity contribution in [3.8, 4) is 0 Å². The van der Waals surface area contributed by atoms with Crippen molar-refractivity contribution < 1.29 is 9.45 Å². The summed E-state index contributed by atoms with van der Waals surface area (Å²) in [7, 11) is 0. The zero-order valence-corrected chi connectivity index (χ0v) is 10.9. The van der Waals surface area contributed by atoms with Crippen molar-refractivity contribution >= 4 is 22.3 Å². The molecule has 21 heavy (non-hydrogen) atoms. The van der Waals surface area contributed by atoms with Gasteiger partial charge >= 0.3 is 5.69 Å².